The Balaban J connectivity index is 1.77. The van der Waals surface area contributed by atoms with Crippen LogP contribution in [0, 0.1) is 17.2 Å². The van der Waals surface area contributed by atoms with Crippen molar-refractivity contribution in [3.8, 4) is 17.5 Å². The number of ketones is 1. The van der Waals surface area contributed by atoms with Gasteiger partial charge in [-0.05, 0) is 24.3 Å². The van der Waals surface area contributed by atoms with Crippen molar-refractivity contribution < 1.29 is 14.3 Å². The molecular weight excluding hydrogens is 346 g/mol. The van der Waals surface area contributed by atoms with Crippen LogP contribution in [0.15, 0.2) is 60.8 Å². The van der Waals surface area contributed by atoms with Gasteiger partial charge in [-0.25, -0.2) is 0 Å². The molecule has 134 valence electrons. The van der Waals surface area contributed by atoms with Gasteiger partial charge in [0.05, 0.1) is 25.1 Å². The minimum Gasteiger partial charge on any atom is -0.497 e. The van der Waals surface area contributed by atoms with Gasteiger partial charge in [0.1, 0.15) is 5.75 Å². The van der Waals surface area contributed by atoms with E-state index in [-0.39, 0.29) is 5.69 Å². The van der Waals surface area contributed by atoms with Gasteiger partial charge >= 0.3 is 0 Å². The number of nitriles is 1. The SMILES string of the molecule is COc1cccc(NC(=O)C(C#N)C(=O)c2cnn(-c3ccccc3)n2)c1. The number of carbonyl (C=O) groups is 2. The third-order valence-electron chi connectivity index (χ3n) is 3.72. The van der Waals surface area contributed by atoms with Gasteiger partial charge in [-0.15, -0.1) is 5.10 Å². The summed E-state index contributed by atoms with van der Waals surface area (Å²) in [6, 6.07) is 17.3. The number of Topliss-reactive ketones (excluding diaryl/α,β-unsaturated/α-hetero) is 1. The van der Waals surface area contributed by atoms with Crippen LogP contribution >= 0.6 is 0 Å². The predicted molar refractivity (Wildman–Crippen MR) is 96.4 cm³/mol. The van der Waals surface area contributed by atoms with E-state index in [9.17, 15) is 14.9 Å². The standard InChI is InChI=1S/C19H15N5O3/c1-27-15-9-5-6-13(10-15)22-19(26)16(11-20)18(25)17-12-21-24(23-17)14-7-3-2-4-8-14/h2-10,12,16H,1H3,(H,22,26). The number of methoxy groups -OCH3 is 1. The van der Waals surface area contributed by atoms with Crippen molar-refractivity contribution >= 4 is 17.4 Å². The lowest BCUT2D eigenvalue weighted by molar-refractivity contribution is -0.117. The zero-order valence-electron chi connectivity index (χ0n) is 14.4. The molecule has 8 nitrogen and oxygen atoms in total. The second-order valence-corrected chi connectivity index (χ2v) is 5.50. The number of anilines is 1. The fourth-order valence-electron chi connectivity index (χ4n) is 2.36. The number of hydrogen-bond acceptors (Lipinski definition) is 6. The Morgan fingerprint density at radius 3 is 2.67 bits per heavy atom. The molecule has 0 saturated heterocycles. The maximum absolute atomic E-state index is 12.6. The lowest BCUT2D eigenvalue weighted by Gasteiger charge is -2.09. The van der Waals surface area contributed by atoms with E-state index < -0.39 is 17.6 Å². The van der Waals surface area contributed by atoms with Crippen LogP contribution in [0.4, 0.5) is 5.69 Å². The van der Waals surface area contributed by atoms with E-state index in [1.165, 1.54) is 18.1 Å². The van der Waals surface area contributed by atoms with Crippen LogP contribution < -0.4 is 10.1 Å². The van der Waals surface area contributed by atoms with Crippen LogP contribution in [0.1, 0.15) is 10.5 Å². The normalized spacial score (nSPS) is 11.3. The molecule has 27 heavy (non-hydrogen) atoms. The van der Waals surface area contributed by atoms with E-state index in [1.807, 2.05) is 6.07 Å². The molecular formula is C19H15N5O3. The Hall–Kier alpha value is -3.99. The summed E-state index contributed by atoms with van der Waals surface area (Å²) in [4.78, 5) is 26.2. The first kappa shape index (κ1) is 17.8. The molecule has 1 aromatic heterocycles. The van der Waals surface area contributed by atoms with Crippen molar-refractivity contribution in [3.05, 3.63) is 66.5 Å². The first-order valence-corrected chi connectivity index (χ1v) is 7.99. The van der Waals surface area contributed by atoms with Crippen LogP contribution in [0.2, 0.25) is 0 Å². The topological polar surface area (TPSA) is 110 Å². The quantitative estimate of drug-likeness (QED) is 0.532. The van der Waals surface area contributed by atoms with Crippen LogP contribution in [0.25, 0.3) is 5.69 Å². The summed E-state index contributed by atoms with van der Waals surface area (Å²) in [5.41, 5.74) is 1.01. The second kappa shape index (κ2) is 7.93. The van der Waals surface area contributed by atoms with Gasteiger partial charge in [-0.1, -0.05) is 24.3 Å². The van der Waals surface area contributed by atoms with Gasteiger partial charge in [-0.2, -0.15) is 15.2 Å². The monoisotopic (exact) mass is 361 g/mol. The summed E-state index contributed by atoms with van der Waals surface area (Å²) in [6.45, 7) is 0. The molecule has 0 bridgehead atoms. The highest BCUT2D eigenvalue weighted by atomic mass is 16.5. The molecule has 0 saturated carbocycles. The Morgan fingerprint density at radius 2 is 1.96 bits per heavy atom. The molecule has 8 heteroatoms. The van der Waals surface area contributed by atoms with Gasteiger partial charge < -0.3 is 10.1 Å². The van der Waals surface area contributed by atoms with E-state index in [0.29, 0.717) is 17.1 Å². The first-order chi connectivity index (χ1) is 13.1. The lowest BCUT2D eigenvalue weighted by Crippen LogP contribution is -2.29. The van der Waals surface area contributed by atoms with Crippen LogP contribution in [-0.4, -0.2) is 33.8 Å². The minimum atomic E-state index is -1.54. The number of para-hydroxylation sites is 1. The van der Waals surface area contributed by atoms with E-state index in [1.54, 1.807) is 54.6 Å². The van der Waals surface area contributed by atoms with Gasteiger partial charge in [0.2, 0.25) is 11.7 Å². The fraction of sp³-hybridized carbons (Fsp3) is 0.105. The maximum atomic E-state index is 12.6. The smallest absolute Gasteiger partial charge is 0.249 e. The zero-order valence-corrected chi connectivity index (χ0v) is 14.4. The first-order valence-electron chi connectivity index (χ1n) is 7.99. The van der Waals surface area contributed by atoms with Gasteiger partial charge in [0.15, 0.2) is 11.6 Å². The highest BCUT2D eigenvalue weighted by Crippen LogP contribution is 2.18. The van der Waals surface area contributed by atoms with Crippen LogP contribution in [0.3, 0.4) is 0 Å². The summed E-state index contributed by atoms with van der Waals surface area (Å²) in [7, 11) is 1.50. The number of aromatic nitrogens is 3. The number of rotatable bonds is 6. The molecule has 0 spiro atoms. The Bertz CT molecular complexity index is 1010. The van der Waals surface area contributed by atoms with Crippen molar-refractivity contribution in [2.75, 3.05) is 12.4 Å². The molecule has 3 rings (SSSR count). The van der Waals surface area contributed by atoms with E-state index >= 15 is 0 Å². The number of ether oxygens (including phenoxy) is 1. The number of hydrogen-bond donors (Lipinski definition) is 1. The van der Waals surface area contributed by atoms with Gasteiger partial charge in [0.25, 0.3) is 0 Å². The zero-order chi connectivity index (χ0) is 19.2. The third-order valence-corrected chi connectivity index (χ3v) is 3.72. The Morgan fingerprint density at radius 1 is 1.19 bits per heavy atom. The predicted octanol–water partition coefficient (Wildman–Crippen LogP) is 2.24. The molecule has 0 aliphatic rings. The van der Waals surface area contributed by atoms with Crippen molar-refractivity contribution in [3.63, 3.8) is 0 Å². The van der Waals surface area contributed by atoms with Crippen molar-refractivity contribution in [2.24, 2.45) is 5.92 Å². The maximum Gasteiger partial charge on any atom is 0.249 e. The molecule has 1 atom stereocenters. The van der Waals surface area contributed by atoms with E-state index in [4.69, 9.17) is 4.74 Å². The highest BCUT2D eigenvalue weighted by molar-refractivity contribution is 6.14. The third kappa shape index (κ3) is 3.99. The largest absolute Gasteiger partial charge is 0.497 e. The molecule has 2 aromatic carbocycles. The number of carbonyl (C=O) groups excluding carboxylic acids is 2. The summed E-state index contributed by atoms with van der Waals surface area (Å²) >= 11 is 0. The number of amides is 1. The Labute approximate surface area is 155 Å². The molecule has 0 aliphatic heterocycles. The fourth-order valence-corrected chi connectivity index (χ4v) is 2.36. The van der Waals surface area contributed by atoms with Crippen molar-refractivity contribution in [1.82, 2.24) is 15.0 Å². The van der Waals surface area contributed by atoms with Crippen molar-refractivity contribution in [1.29, 1.82) is 5.26 Å². The van der Waals surface area contributed by atoms with E-state index in [2.05, 4.69) is 15.5 Å². The molecule has 3 aromatic rings. The van der Waals surface area contributed by atoms with Crippen molar-refractivity contribution in [2.45, 2.75) is 0 Å². The molecule has 0 aliphatic carbocycles. The van der Waals surface area contributed by atoms with Gasteiger partial charge in [-0.3, -0.25) is 9.59 Å². The highest BCUT2D eigenvalue weighted by Gasteiger charge is 2.30. The van der Waals surface area contributed by atoms with Gasteiger partial charge in [0, 0.05) is 11.8 Å². The Kier molecular flexibility index (Phi) is 5.23. The molecule has 1 N–H and O–H groups in total. The number of benzene rings is 2. The molecule has 1 amide bonds. The average molecular weight is 361 g/mol. The molecule has 1 unspecified atom stereocenters. The summed E-state index contributed by atoms with van der Waals surface area (Å²) in [5, 5.41) is 19.9. The van der Waals surface area contributed by atoms with Crippen LogP contribution in [-0.2, 0) is 4.79 Å². The molecule has 1 heterocycles. The second-order valence-electron chi connectivity index (χ2n) is 5.50. The lowest BCUT2D eigenvalue weighted by atomic mass is 10.0. The summed E-state index contributed by atoms with van der Waals surface area (Å²) < 4.78 is 5.08. The van der Waals surface area contributed by atoms with Crippen LogP contribution in [0.5, 0.6) is 5.75 Å². The number of nitrogens with one attached hydrogen (secondary N) is 1. The van der Waals surface area contributed by atoms with E-state index in [0.717, 1.165) is 0 Å². The molecule has 0 fully saturated rings. The minimum absolute atomic E-state index is 0.0637. The number of nitrogens with zero attached hydrogens (tertiary/aromatic N) is 4. The summed E-state index contributed by atoms with van der Waals surface area (Å²) in [6.07, 6.45) is 1.23. The summed E-state index contributed by atoms with van der Waals surface area (Å²) in [5.74, 6) is -2.47. The average Bonchev–Trinajstić information content (AvgIpc) is 3.19. The molecule has 0 radical (unpaired) electrons.